The number of primary amides is 1. The summed E-state index contributed by atoms with van der Waals surface area (Å²) in [5.74, 6) is 0. The molecule has 0 aliphatic rings. The van der Waals surface area contributed by atoms with Gasteiger partial charge in [0.05, 0.1) is 12.0 Å². The van der Waals surface area contributed by atoms with Gasteiger partial charge in [-0.1, -0.05) is 0 Å². The quantitative estimate of drug-likeness (QED) is 0.739. The summed E-state index contributed by atoms with van der Waals surface area (Å²) in [5.41, 5.74) is 5.30. The van der Waals surface area contributed by atoms with Crippen LogP contribution < -0.4 is 11.1 Å². The molecule has 0 atom stereocenters. The summed E-state index contributed by atoms with van der Waals surface area (Å²) in [5, 5.41) is 2.30. The first-order chi connectivity index (χ1) is 6.95. The molecule has 0 spiro atoms. The summed E-state index contributed by atoms with van der Waals surface area (Å²) < 4.78 is 26.7. The molecule has 1 aromatic carbocycles. The van der Waals surface area contributed by atoms with E-state index < -0.39 is 16.1 Å². The Hall–Kier alpha value is -1.60. The molecule has 1 aromatic rings. The molecule has 0 aromatic heterocycles. The molecule has 0 aliphatic heterocycles. The summed E-state index contributed by atoms with van der Waals surface area (Å²) in [7, 11) is -2.61. The highest BCUT2D eigenvalue weighted by Crippen LogP contribution is 2.15. The van der Waals surface area contributed by atoms with Crippen LogP contribution in [0.3, 0.4) is 0 Å². The monoisotopic (exact) mass is 230 g/mol. The average molecular weight is 230 g/mol. The van der Waals surface area contributed by atoms with Crippen LogP contribution in [0.25, 0.3) is 0 Å². The number of nitrogens with two attached hydrogens (primary N) is 1. The molecule has 0 saturated heterocycles. The van der Waals surface area contributed by atoms with Crippen LogP contribution in [0.1, 0.15) is 0 Å². The van der Waals surface area contributed by atoms with E-state index in [4.69, 9.17) is 5.73 Å². The van der Waals surface area contributed by atoms with Gasteiger partial charge in [-0.2, -0.15) is 8.42 Å². The molecule has 0 unspecified atom stereocenters. The van der Waals surface area contributed by atoms with Crippen LogP contribution >= 0.6 is 0 Å². The maximum absolute atomic E-state index is 11.2. The Balaban J connectivity index is 2.95. The molecule has 15 heavy (non-hydrogen) atoms. The van der Waals surface area contributed by atoms with Crippen molar-refractivity contribution in [3.63, 3.8) is 0 Å². The van der Waals surface area contributed by atoms with E-state index >= 15 is 0 Å². The molecule has 7 heteroatoms. The number of urea groups is 1. The van der Waals surface area contributed by atoms with Crippen molar-refractivity contribution in [1.29, 1.82) is 0 Å². The van der Waals surface area contributed by atoms with Crippen molar-refractivity contribution in [2.45, 2.75) is 4.90 Å². The van der Waals surface area contributed by atoms with Crippen molar-refractivity contribution >= 4 is 21.8 Å². The topological polar surface area (TPSA) is 98.5 Å². The second-order valence-electron chi connectivity index (χ2n) is 2.63. The van der Waals surface area contributed by atoms with Crippen molar-refractivity contribution in [2.75, 3.05) is 12.4 Å². The third-order valence-electron chi connectivity index (χ3n) is 1.63. The lowest BCUT2D eigenvalue weighted by molar-refractivity contribution is 0.259. The molecule has 0 aliphatic carbocycles. The number of hydrogen-bond acceptors (Lipinski definition) is 4. The average Bonchev–Trinajstić information content (AvgIpc) is 2.18. The van der Waals surface area contributed by atoms with Crippen LogP contribution in [-0.4, -0.2) is 21.6 Å². The first kappa shape index (κ1) is 11.5. The standard InChI is InChI=1S/C8H10N2O4S/c1-14-15(12,13)7-4-2-6(3-5-7)10-8(9)11/h2-5H,1H3,(H3,9,10,11). The fourth-order valence-electron chi connectivity index (χ4n) is 0.943. The van der Waals surface area contributed by atoms with Gasteiger partial charge in [-0.25, -0.2) is 4.79 Å². The normalized spacial score (nSPS) is 11.0. The molecule has 0 radical (unpaired) electrons. The zero-order valence-electron chi connectivity index (χ0n) is 7.93. The summed E-state index contributed by atoms with van der Waals surface area (Å²) in [4.78, 5) is 10.5. The highest BCUT2D eigenvalue weighted by Gasteiger charge is 2.12. The highest BCUT2D eigenvalue weighted by atomic mass is 32.2. The second-order valence-corrected chi connectivity index (χ2v) is 4.35. The van der Waals surface area contributed by atoms with Crippen molar-refractivity contribution < 1.29 is 17.4 Å². The molecular weight excluding hydrogens is 220 g/mol. The predicted molar refractivity (Wildman–Crippen MR) is 53.8 cm³/mol. The molecule has 0 bridgehead atoms. The van der Waals surface area contributed by atoms with Gasteiger partial charge in [0, 0.05) is 5.69 Å². The van der Waals surface area contributed by atoms with Gasteiger partial charge < -0.3 is 11.1 Å². The van der Waals surface area contributed by atoms with Gasteiger partial charge in [-0.05, 0) is 24.3 Å². The maximum Gasteiger partial charge on any atom is 0.316 e. The summed E-state index contributed by atoms with van der Waals surface area (Å²) in [6, 6.07) is 4.74. The van der Waals surface area contributed by atoms with E-state index in [1.807, 2.05) is 0 Å². The SMILES string of the molecule is COS(=O)(=O)c1ccc(NC(N)=O)cc1. The maximum atomic E-state index is 11.2. The largest absolute Gasteiger partial charge is 0.351 e. The second kappa shape index (κ2) is 4.28. The van der Waals surface area contributed by atoms with E-state index in [9.17, 15) is 13.2 Å². The third-order valence-corrected chi connectivity index (χ3v) is 2.92. The number of hydrogen-bond donors (Lipinski definition) is 2. The van der Waals surface area contributed by atoms with Crippen molar-refractivity contribution in [1.82, 2.24) is 0 Å². The van der Waals surface area contributed by atoms with Crippen LogP contribution in [0.15, 0.2) is 29.2 Å². The molecule has 0 heterocycles. The Bertz CT molecular complexity index is 452. The van der Waals surface area contributed by atoms with E-state index in [1.165, 1.54) is 24.3 Å². The first-order valence-electron chi connectivity index (χ1n) is 3.93. The van der Waals surface area contributed by atoms with Gasteiger partial charge in [-0.15, -0.1) is 0 Å². The van der Waals surface area contributed by atoms with Gasteiger partial charge in [0.2, 0.25) is 0 Å². The molecular formula is C8H10N2O4S. The molecule has 0 fully saturated rings. The van der Waals surface area contributed by atoms with Crippen LogP contribution in [0, 0.1) is 0 Å². The fraction of sp³-hybridized carbons (Fsp3) is 0.125. The fourth-order valence-corrected chi connectivity index (χ4v) is 1.61. The van der Waals surface area contributed by atoms with Crippen LogP contribution in [0.5, 0.6) is 0 Å². The molecule has 6 nitrogen and oxygen atoms in total. The zero-order valence-corrected chi connectivity index (χ0v) is 8.74. The zero-order chi connectivity index (χ0) is 11.5. The van der Waals surface area contributed by atoms with Gasteiger partial charge in [0.15, 0.2) is 0 Å². The Kier molecular flexibility index (Phi) is 3.28. The van der Waals surface area contributed by atoms with E-state index in [2.05, 4.69) is 9.50 Å². The van der Waals surface area contributed by atoms with Gasteiger partial charge in [0.1, 0.15) is 0 Å². The summed E-state index contributed by atoms with van der Waals surface area (Å²) in [6.07, 6.45) is 0. The molecule has 2 amide bonds. The van der Waals surface area contributed by atoms with Crippen molar-refractivity contribution in [3.8, 4) is 0 Å². The van der Waals surface area contributed by atoms with Gasteiger partial charge in [0.25, 0.3) is 10.1 Å². The Morgan fingerprint density at radius 1 is 1.33 bits per heavy atom. The van der Waals surface area contributed by atoms with Crippen molar-refractivity contribution in [3.05, 3.63) is 24.3 Å². The molecule has 0 saturated carbocycles. The smallest absolute Gasteiger partial charge is 0.316 e. The molecule has 82 valence electrons. The summed E-state index contributed by atoms with van der Waals surface area (Å²) >= 11 is 0. The Labute approximate surface area is 87.2 Å². The lowest BCUT2D eigenvalue weighted by Gasteiger charge is -2.03. The van der Waals surface area contributed by atoms with Gasteiger partial charge >= 0.3 is 6.03 Å². The molecule has 1 rings (SSSR count). The molecule has 3 N–H and O–H groups in total. The number of benzene rings is 1. The lowest BCUT2D eigenvalue weighted by atomic mass is 10.3. The third kappa shape index (κ3) is 2.93. The Morgan fingerprint density at radius 3 is 2.27 bits per heavy atom. The van der Waals surface area contributed by atoms with E-state index in [-0.39, 0.29) is 4.90 Å². The minimum absolute atomic E-state index is 0.0139. The van der Waals surface area contributed by atoms with E-state index in [0.29, 0.717) is 5.69 Å². The number of carbonyl (C=O) groups is 1. The van der Waals surface area contributed by atoms with Crippen LogP contribution in [0.2, 0.25) is 0 Å². The number of amides is 2. The number of carbonyl (C=O) groups excluding carboxylic acids is 1. The van der Waals surface area contributed by atoms with Crippen molar-refractivity contribution in [2.24, 2.45) is 5.73 Å². The number of rotatable bonds is 3. The minimum atomic E-state index is -3.69. The van der Waals surface area contributed by atoms with E-state index in [1.54, 1.807) is 0 Å². The minimum Gasteiger partial charge on any atom is -0.351 e. The van der Waals surface area contributed by atoms with Crippen LogP contribution in [0.4, 0.5) is 10.5 Å². The number of nitrogens with one attached hydrogen (secondary N) is 1. The predicted octanol–water partition coefficient (Wildman–Crippen LogP) is 0.512. The Morgan fingerprint density at radius 2 is 1.87 bits per heavy atom. The highest BCUT2D eigenvalue weighted by molar-refractivity contribution is 7.86. The van der Waals surface area contributed by atoms with E-state index in [0.717, 1.165) is 7.11 Å². The first-order valence-corrected chi connectivity index (χ1v) is 5.33. The summed E-state index contributed by atoms with van der Waals surface area (Å²) in [6.45, 7) is 0. The number of anilines is 1. The van der Waals surface area contributed by atoms with Crippen LogP contribution in [-0.2, 0) is 14.3 Å². The van der Waals surface area contributed by atoms with Gasteiger partial charge in [-0.3, -0.25) is 4.18 Å². The lowest BCUT2D eigenvalue weighted by Crippen LogP contribution is -2.19.